The van der Waals surface area contributed by atoms with E-state index in [2.05, 4.69) is 5.32 Å². The second-order valence-electron chi connectivity index (χ2n) is 4.66. The van der Waals surface area contributed by atoms with Crippen molar-refractivity contribution in [1.29, 1.82) is 0 Å². The van der Waals surface area contributed by atoms with E-state index in [4.69, 9.17) is 9.47 Å². The van der Waals surface area contributed by atoms with Gasteiger partial charge in [-0.3, -0.25) is 4.79 Å². The van der Waals surface area contributed by atoms with E-state index < -0.39 is 0 Å². The maximum atomic E-state index is 12.2. The highest BCUT2D eigenvalue weighted by molar-refractivity contribution is 8.00. The minimum atomic E-state index is -0.209. The first-order valence-corrected chi connectivity index (χ1v) is 7.76. The molecule has 0 heterocycles. The third-order valence-corrected chi connectivity index (χ3v) is 4.19. The Kier molecular flexibility index (Phi) is 5.72. The van der Waals surface area contributed by atoms with Gasteiger partial charge >= 0.3 is 0 Å². The van der Waals surface area contributed by atoms with Gasteiger partial charge in [0.15, 0.2) is 0 Å². The van der Waals surface area contributed by atoms with Gasteiger partial charge in [-0.1, -0.05) is 6.07 Å². The first-order chi connectivity index (χ1) is 10.6. The van der Waals surface area contributed by atoms with Gasteiger partial charge in [-0.2, -0.15) is 0 Å². The molecule has 0 spiro atoms. The number of methoxy groups -OCH3 is 2. The van der Waals surface area contributed by atoms with Crippen LogP contribution in [-0.2, 0) is 4.79 Å². The lowest BCUT2D eigenvalue weighted by molar-refractivity contribution is -0.115. The molecule has 1 atom stereocenters. The second kappa shape index (κ2) is 7.75. The summed E-state index contributed by atoms with van der Waals surface area (Å²) in [6.45, 7) is 1.88. The third kappa shape index (κ3) is 4.43. The van der Waals surface area contributed by atoms with Crippen molar-refractivity contribution in [3.8, 4) is 11.5 Å². The standard InChI is InChI=1S/C17H19NO3S/c1-12(22-16-9-7-14(20-2)8-10-16)17(19)18-13-5-4-6-15(11-13)21-3/h4-12H,1-3H3,(H,18,19)/t12-/m1/s1. The summed E-state index contributed by atoms with van der Waals surface area (Å²) in [5.74, 6) is 1.47. The summed E-state index contributed by atoms with van der Waals surface area (Å²) in [4.78, 5) is 13.3. The quantitative estimate of drug-likeness (QED) is 0.823. The molecule has 22 heavy (non-hydrogen) atoms. The Hall–Kier alpha value is -2.14. The number of benzene rings is 2. The normalized spacial score (nSPS) is 11.6. The van der Waals surface area contributed by atoms with E-state index in [1.807, 2.05) is 49.4 Å². The zero-order valence-corrected chi connectivity index (χ0v) is 13.6. The van der Waals surface area contributed by atoms with Gasteiger partial charge in [0, 0.05) is 16.6 Å². The van der Waals surface area contributed by atoms with Gasteiger partial charge < -0.3 is 14.8 Å². The largest absolute Gasteiger partial charge is 0.497 e. The minimum Gasteiger partial charge on any atom is -0.497 e. The maximum Gasteiger partial charge on any atom is 0.237 e. The van der Waals surface area contributed by atoms with Crippen LogP contribution >= 0.6 is 11.8 Å². The fraction of sp³-hybridized carbons (Fsp3) is 0.235. The van der Waals surface area contributed by atoms with Gasteiger partial charge in [0.25, 0.3) is 0 Å². The third-order valence-electron chi connectivity index (χ3n) is 3.08. The molecule has 0 saturated heterocycles. The lowest BCUT2D eigenvalue weighted by atomic mass is 10.3. The molecule has 1 N–H and O–H groups in total. The van der Waals surface area contributed by atoms with Crippen LogP contribution in [-0.4, -0.2) is 25.4 Å². The van der Waals surface area contributed by atoms with Crippen molar-refractivity contribution in [3.63, 3.8) is 0 Å². The number of amides is 1. The number of nitrogens with one attached hydrogen (secondary N) is 1. The number of thioether (sulfide) groups is 1. The van der Waals surface area contributed by atoms with Gasteiger partial charge in [0.1, 0.15) is 11.5 Å². The lowest BCUT2D eigenvalue weighted by Gasteiger charge is -2.13. The Morgan fingerprint density at radius 3 is 2.36 bits per heavy atom. The molecular weight excluding hydrogens is 298 g/mol. The number of carbonyl (C=O) groups excluding carboxylic acids is 1. The highest BCUT2D eigenvalue weighted by Crippen LogP contribution is 2.26. The molecule has 4 nitrogen and oxygen atoms in total. The molecule has 0 saturated carbocycles. The Labute approximate surface area is 134 Å². The number of anilines is 1. The molecule has 0 radical (unpaired) electrons. The van der Waals surface area contributed by atoms with Crippen molar-refractivity contribution in [2.45, 2.75) is 17.1 Å². The average Bonchev–Trinajstić information content (AvgIpc) is 2.55. The summed E-state index contributed by atoms with van der Waals surface area (Å²) < 4.78 is 10.3. The lowest BCUT2D eigenvalue weighted by Crippen LogP contribution is -2.22. The summed E-state index contributed by atoms with van der Waals surface area (Å²) in [5.41, 5.74) is 0.728. The van der Waals surface area contributed by atoms with E-state index in [1.54, 1.807) is 20.3 Å². The summed E-state index contributed by atoms with van der Waals surface area (Å²) >= 11 is 1.50. The van der Waals surface area contributed by atoms with Crippen LogP contribution in [0.4, 0.5) is 5.69 Å². The fourth-order valence-corrected chi connectivity index (χ4v) is 2.72. The van der Waals surface area contributed by atoms with E-state index in [-0.39, 0.29) is 11.2 Å². The summed E-state index contributed by atoms with van der Waals surface area (Å²) in [5, 5.41) is 2.69. The molecule has 2 aromatic carbocycles. The van der Waals surface area contributed by atoms with Crippen molar-refractivity contribution < 1.29 is 14.3 Å². The highest BCUT2D eigenvalue weighted by Gasteiger charge is 2.14. The van der Waals surface area contributed by atoms with Gasteiger partial charge in [0.05, 0.1) is 19.5 Å². The minimum absolute atomic E-state index is 0.0472. The van der Waals surface area contributed by atoms with Crippen LogP contribution in [0.5, 0.6) is 11.5 Å². The van der Waals surface area contributed by atoms with Crippen molar-refractivity contribution in [2.75, 3.05) is 19.5 Å². The first kappa shape index (κ1) is 16.2. The number of hydrogen-bond donors (Lipinski definition) is 1. The second-order valence-corrected chi connectivity index (χ2v) is 6.07. The summed E-state index contributed by atoms with van der Waals surface area (Å²) in [6.07, 6.45) is 0. The van der Waals surface area contributed by atoms with Crippen LogP contribution in [0.1, 0.15) is 6.92 Å². The Morgan fingerprint density at radius 2 is 1.73 bits per heavy atom. The molecule has 116 valence electrons. The Balaban J connectivity index is 1.96. The van der Waals surface area contributed by atoms with Crippen LogP contribution in [0.25, 0.3) is 0 Å². The highest BCUT2D eigenvalue weighted by atomic mass is 32.2. The van der Waals surface area contributed by atoms with E-state index in [1.165, 1.54) is 11.8 Å². The van der Waals surface area contributed by atoms with Crippen molar-refractivity contribution in [1.82, 2.24) is 0 Å². The van der Waals surface area contributed by atoms with Crippen molar-refractivity contribution >= 4 is 23.4 Å². The van der Waals surface area contributed by atoms with Crippen LogP contribution in [0.3, 0.4) is 0 Å². The van der Waals surface area contributed by atoms with Crippen LogP contribution in [0, 0.1) is 0 Å². The van der Waals surface area contributed by atoms with E-state index in [0.29, 0.717) is 5.75 Å². The molecule has 0 aliphatic rings. The molecule has 0 aliphatic heterocycles. The molecule has 2 rings (SSSR count). The van der Waals surface area contributed by atoms with E-state index >= 15 is 0 Å². The first-order valence-electron chi connectivity index (χ1n) is 6.88. The van der Waals surface area contributed by atoms with Gasteiger partial charge in [-0.05, 0) is 43.3 Å². The summed E-state index contributed by atoms with van der Waals surface area (Å²) in [6, 6.07) is 15.0. The SMILES string of the molecule is COc1ccc(S[C@H](C)C(=O)Nc2cccc(OC)c2)cc1. The van der Waals surface area contributed by atoms with Crippen LogP contribution in [0.2, 0.25) is 0 Å². The molecule has 0 aliphatic carbocycles. The van der Waals surface area contributed by atoms with Crippen molar-refractivity contribution in [3.05, 3.63) is 48.5 Å². The van der Waals surface area contributed by atoms with Crippen molar-refractivity contribution in [2.24, 2.45) is 0 Å². The molecule has 5 heteroatoms. The molecule has 0 aromatic heterocycles. The molecule has 2 aromatic rings. The van der Waals surface area contributed by atoms with E-state index in [9.17, 15) is 4.79 Å². The molecular formula is C17H19NO3S. The van der Waals surface area contributed by atoms with E-state index in [0.717, 1.165) is 16.3 Å². The van der Waals surface area contributed by atoms with Crippen LogP contribution < -0.4 is 14.8 Å². The zero-order valence-electron chi connectivity index (χ0n) is 12.8. The van der Waals surface area contributed by atoms with Crippen LogP contribution in [0.15, 0.2) is 53.4 Å². The smallest absolute Gasteiger partial charge is 0.237 e. The monoisotopic (exact) mass is 317 g/mol. The number of rotatable bonds is 6. The average molecular weight is 317 g/mol. The number of ether oxygens (including phenoxy) is 2. The Morgan fingerprint density at radius 1 is 1.05 bits per heavy atom. The Bertz CT molecular complexity index is 628. The van der Waals surface area contributed by atoms with Gasteiger partial charge in [0.2, 0.25) is 5.91 Å². The van der Waals surface area contributed by atoms with Gasteiger partial charge in [-0.25, -0.2) is 0 Å². The number of hydrogen-bond acceptors (Lipinski definition) is 4. The molecule has 0 unspecified atom stereocenters. The molecule has 0 bridgehead atoms. The zero-order chi connectivity index (χ0) is 15.9. The summed E-state index contributed by atoms with van der Waals surface area (Å²) in [7, 11) is 3.23. The topological polar surface area (TPSA) is 47.6 Å². The van der Waals surface area contributed by atoms with Gasteiger partial charge in [-0.15, -0.1) is 11.8 Å². The molecule has 0 fully saturated rings. The predicted molar refractivity (Wildman–Crippen MR) is 89.9 cm³/mol. The molecule has 1 amide bonds. The maximum absolute atomic E-state index is 12.2. The predicted octanol–water partition coefficient (Wildman–Crippen LogP) is 3.82. The number of carbonyl (C=O) groups is 1. The fourth-order valence-electron chi connectivity index (χ4n) is 1.86.